The lowest BCUT2D eigenvalue weighted by Crippen LogP contribution is -3.00. The summed E-state index contributed by atoms with van der Waals surface area (Å²) in [4.78, 5) is 13.0. The average Bonchev–Trinajstić information content (AvgIpc) is 2.43. The van der Waals surface area contributed by atoms with Gasteiger partial charge in [-0.3, -0.25) is 0 Å². The van der Waals surface area contributed by atoms with E-state index in [1.165, 1.54) is 10.5 Å². The van der Waals surface area contributed by atoms with Crippen LogP contribution in [0.15, 0.2) is 48.7 Å². The van der Waals surface area contributed by atoms with Gasteiger partial charge in [-0.1, -0.05) is 30.3 Å². The van der Waals surface area contributed by atoms with Crippen LogP contribution in [0, 0.1) is 6.92 Å². The third kappa shape index (κ3) is 4.86. The molecule has 1 amide bonds. The molecule has 0 atom stereocenters. The largest absolute Gasteiger partial charge is 1.00 e. The highest BCUT2D eigenvalue weighted by Crippen LogP contribution is 2.10. The number of nitrogens with zero attached hydrogens (tertiary/aromatic N) is 2. The van der Waals surface area contributed by atoms with Gasteiger partial charge >= 0.3 is 6.09 Å². The molecule has 0 aliphatic rings. The minimum Gasteiger partial charge on any atom is -1.00 e. The third-order valence-electron chi connectivity index (χ3n) is 2.99. The van der Waals surface area contributed by atoms with Crippen molar-refractivity contribution < 1.29 is 31.1 Å². The molecule has 1 aromatic carbocycles. The van der Waals surface area contributed by atoms with Crippen molar-refractivity contribution in [2.24, 2.45) is 0 Å². The smallest absolute Gasteiger partial charge is 0.414 e. The van der Waals surface area contributed by atoms with Gasteiger partial charge in [-0.05, 0) is 6.07 Å². The molecule has 2 rings (SSSR count). The molecule has 4 nitrogen and oxygen atoms in total. The van der Waals surface area contributed by atoms with Crippen molar-refractivity contribution in [3.8, 4) is 5.75 Å². The Bertz CT molecular complexity index is 600. The lowest BCUT2D eigenvalue weighted by Gasteiger charge is -2.10. The van der Waals surface area contributed by atoms with E-state index in [9.17, 15) is 4.79 Å². The van der Waals surface area contributed by atoms with Crippen molar-refractivity contribution in [2.45, 2.75) is 13.5 Å². The number of halogens is 1. The summed E-state index contributed by atoms with van der Waals surface area (Å²) in [5, 5.41) is 0. The number of ether oxygens (including phenoxy) is 1. The first-order valence-corrected chi connectivity index (χ1v) is 6.49. The molecule has 0 fully saturated rings. The molecule has 0 saturated carbocycles. The molecule has 21 heavy (non-hydrogen) atoms. The predicted octanol–water partition coefficient (Wildman–Crippen LogP) is -0.605. The van der Waals surface area contributed by atoms with Gasteiger partial charge < -0.3 is 26.6 Å². The van der Waals surface area contributed by atoms with E-state index in [4.69, 9.17) is 4.74 Å². The maximum atomic E-state index is 11.6. The number of benzene rings is 1. The summed E-state index contributed by atoms with van der Waals surface area (Å²) in [7, 11) is 3.32. The van der Waals surface area contributed by atoms with Crippen LogP contribution in [-0.4, -0.2) is 25.1 Å². The highest BCUT2D eigenvalue weighted by Gasteiger charge is 2.13. The van der Waals surface area contributed by atoms with Gasteiger partial charge in [0, 0.05) is 32.6 Å². The molecule has 0 spiro atoms. The van der Waals surface area contributed by atoms with Crippen LogP contribution >= 0.6 is 0 Å². The molecule has 0 unspecified atom stereocenters. The van der Waals surface area contributed by atoms with Gasteiger partial charge in [0.2, 0.25) is 6.20 Å². The maximum absolute atomic E-state index is 11.6. The summed E-state index contributed by atoms with van der Waals surface area (Å²) in [6.07, 6.45) is 1.48. The summed E-state index contributed by atoms with van der Waals surface area (Å²) in [6, 6.07) is 13.9. The zero-order valence-electron chi connectivity index (χ0n) is 12.4. The summed E-state index contributed by atoms with van der Waals surface area (Å²) >= 11 is 0. The van der Waals surface area contributed by atoms with E-state index in [0.717, 1.165) is 12.2 Å². The van der Waals surface area contributed by atoms with Gasteiger partial charge in [0.1, 0.15) is 0 Å². The number of rotatable bonds is 3. The summed E-state index contributed by atoms with van der Waals surface area (Å²) in [6.45, 7) is 2.78. The van der Waals surface area contributed by atoms with Gasteiger partial charge in [-0.2, -0.15) is 4.57 Å². The van der Waals surface area contributed by atoms with E-state index < -0.39 is 0 Å². The monoisotopic (exact) mass is 350 g/mol. The summed E-state index contributed by atoms with van der Waals surface area (Å²) < 4.78 is 7.34. The van der Waals surface area contributed by atoms with Crippen LogP contribution in [0.4, 0.5) is 4.79 Å². The van der Waals surface area contributed by atoms with Gasteiger partial charge in [-0.25, -0.2) is 4.79 Å². The van der Waals surface area contributed by atoms with Crippen LogP contribution in [0.2, 0.25) is 0 Å². The minimum absolute atomic E-state index is 0. The molecule has 112 valence electrons. The number of carbonyl (C=O) groups excluding carboxylic acids is 1. The topological polar surface area (TPSA) is 33.4 Å². The fraction of sp³-hybridized carbons (Fsp3) is 0.250. The van der Waals surface area contributed by atoms with Crippen molar-refractivity contribution in [2.75, 3.05) is 14.1 Å². The number of hydrogen-bond acceptors (Lipinski definition) is 2. The lowest BCUT2D eigenvalue weighted by molar-refractivity contribution is -0.694. The van der Waals surface area contributed by atoms with E-state index in [1.54, 1.807) is 20.2 Å². The molecular formula is C16H19BrN2O2. The Morgan fingerprint density at radius 1 is 1.14 bits per heavy atom. The molecule has 2 aromatic rings. The zero-order valence-corrected chi connectivity index (χ0v) is 14.0. The van der Waals surface area contributed by atoms with Crippen LogP contribution in [-0.2, 0) is 6.54 Å². The second kappa shape index (κ2) is 7.78. The second-order valence-corrected chi connectivity index (χ2v) is 4.88. The van der Waals surface area contributed by atoms with E-state index in [1.807, 2.05) is 37.4 Å². The average molecular weight is 351 g/mol. The van der Waals surface area contributed by atoms with Crippen molar-refractivity contribution in [3.05, 3.63) is 59.9 Å². The highest BCUT2D eigenvalue weighted by atomic mass is 79.9. The van der Waals surface area contributed by atoms with Gasteiger partial charge in [0.05, 0.1) is 0 Å². The molecule has 5 heteroatoms. The Morgan fingerprint density at radius 2 is 1.81 bits per heavy atom. The van der Waals surface area contributed by atoms with Crippen LogP contribution in [0.1, 0.15) is 11.3 Å². The molecule has 0 aliphatic carbocycles. The Kier molecular flexibility index (Phi) is 6.37. The third-order valence-corrected chi connectivity index (χ3v) is 2.99. The molecule has 0 N–H and O–H groups in total. The number of pyridine rings is 1. The second-order valence-electron chi connectivity index (χ2n) is 4.88. The van der Waals surface area contributed by atoms with Gasteiger partial charge in [0.25, 0.3) is 0 Å². The fourth-order valence-corrected chi connectivity index (χ4v) is 1.80. The molecule has 1 aromatic heterocycles. The van der Waals surface area contributed by atoms with E-state index >= 15 is 0 Å². The standard InChI is InChI=1S/C16H19N2O2.BrH/c1-13-9-10-15(20-16(19)17(2)3)12-18(13)11-14-7-5-4-6-8-14;/h4-10,12H,11H2,1-3H3;1H/q+1;/p-1. The Morgan fingerprint density at radius 3 is 2.43 bits per heavy atom. The van der Waals surface area contributed by atoms with Gasteiger partial charge in [0.15, 0.2) is 18.0 Å². The lowest BCUT2D eigenvalue weighted by atomic mass is 10.2. The van der Waals surface area contributed by atoms with Crippen LogP contribution in [0.5, 0.6) is 5.75 Å². The Balaban J connectivity index is 0.00000220. The van der Waals surface area contributed by atoms with E-state index in [0.29, 0.717) is 5.75 Å². The molecule has 0 radical (unpaired) electrons. The van der Waals surface area contributed by atoms with E-state index in [-0.39, 0.29) is 23.1 Å². The first kappa shape index (κ1) is 17.2. The minimum atomic E-state index is -0.375. The summed E-state index contributed by atoms with van der Waals surface area (Å²) in [5.41, 5.74) is 2.31. The van der Waals surface area contributed by atoms with Crippen LogP contribution < -0.4 is 26.3 Å². The maximum Gasteiger partial charge on any atom is 0.414 e. The Hall–Kier alpha value is -1.88. The van der Waals surface area contributed by atoms with Crippen molar-refractivity contribution >= 4 is 6.09 Å². The predicted molar refractivity (Wildman–Crippen MR) is 76.6 cm³/mol. The first-order valence-electron chi connectivity index (χ1n) is 6.49. The molecular weight excluding hydrogens is 332 g/mol. The first-order chi connectivity index (χ1) is 9.56. The number of aryl methyl sites for hydroxylation is 1. The molecule has 0 aliphatic heterocycles. The number of carbonyl (C=O) groups is 1. The number of amides is 1. The molecule has 0 saturated heterocycles. The van der Waals surface area contributed by atoms with Gasteiger partial charge in [-0.15, -0.1) is 0 Å². The SMILES string of the molecule is Cc1ccc(OC(=O)N(C)C)c[n+]1Cc1ccccc1.[Br-]. The summed E-state index contributed by atoms with van der Waals surface area (Å²) in [5.74, 6) is 0.547. The number of aromatic nitrogens is 1. The van der Waals surface area contributed by atoms with Crippen LogP contribution in [0.3, 0.4) is 0 Å². The van der Waals surface area contributed by atoms with Crippen LogP contribution in [0.25, 0.3) is 0 Å². The molecule has 0 bridgehead atoms. The highest BCUT2D eigenvalue weighted by molar-refractivity contribution is 5.69. The normalized spacial score (nSPS) is 9.67. The van der Waals surface area contributed by atoms with Crippen molar-refractivity contribution in [1.29, 1.82) is 0 Å². The molecule has 1 heterocycles. The van der Waals surface area contributed by atoms with Crippen molar-refractivity contribution in [3.63, 3.8) is 0 Å². The number of hydrogen-bond donors (Lipinski definition) is 0. The fourth-order valence-electron chi connectivity index (χ4n) is 1.80. The Labute approximate surface area is 135 Å². The zero-order chi connectivity index (χ0) is 14.5. The van der Waals surface area contributed by atoms with Crippen molar-refractivity contribution in [1.82, 2.24) is 4.90 Å². The van der Waals surface area contributed by atoms with E-state index in [2.05, 4.69) is 16.7 Å². The quantitative estimate of drug-likeness (QED) is 0.692.